The molecule has 0 aliphatic rings. The molecule has 0 spiro atoms. The molecule has 3 aromatic carbocycles. The average Bonchev–Trinajstić information content (AvgIpc) is 3.53. The first-order chi connectivity index (χ1) is 15.8. The second-order valence-electron chi connectivity index (χ2n) is 7.22. The lowest BCUT2D eigenvalue weighted by molar-refractivity contribution is -0.00000705. The molecule has 0 aliphatic heterocycles. The van der Waals surface area contributed by atoms with Gasteiger partial charge in [0.15, 0.2) is 13.0 Å². The SMILES string of the molecule is CCSc1oc(-c2ccco2)nc1[P+](c1ccccc1)(c1ccccc1)c1ccccc1.[I-]. The van der Waals surface area contributed by atoms with Crippen molar-refractivity contribution in [2.75, 3.05) is 5.75 Å². The maximum Gasteiger partial charge on any atom is 0.267 e. The number of aromatic nitrogens is 1. The van der Waals surface area contributed by atoms with Gasteiger partial charge in [0, 0.05) is 0 Å². The first-order valence-corrected chi connectivity index (χ1v) is 13.4. The van der Waals surface area contributed by atoms with E-state index in [4.69, 9.17) is 13.8 Å². The van der Waals surface area contributed by atoms with Crippen molar-refractivity contribution >= 4 is 40.4 Å². The molecule has 0 saturated heterocycles. The van der Waals surface area contributed by atoms with E-state index in [2.05, 4.69) is 97.9 Å². The summed E-state index contributed by atoms with van der Waals surface area (Å²) in [5, 5.41) is 4.59. The van der Waals surface area contributed by atoms with Crippen LogP contribution in [0.5, 0.6) is 0 Å². The molecule has 6 heteroatoms. The molecule has 0 radical (unpaired) electrons. The lowest BCUT2D eigenvalue weighted by Crippen LogP contribution is -3.00. The second-order valence-corrected chi connectivity index (χ2v) is 11.8. The molecule has 0 bridgehead atoms. The number of benzene rings is 3. The van der Waals surface area contributed by atoms with Gasteiger partial charge in [0.25, 0.3) is 11.3 Å². The zero-order valence-corrected chi connectivity index (χ0v) is 22.0. The summed E-state index contributed by atoms with van der Waals surface area (Å²) in [6, 6.07) is 35.9. The van der Waals surface area contributed by atoms with Gasteiger partial charge < -0.3 is 32.8 Å². The Kier molecular flexibility index (Phi) is 7.74. The number of halogens is 1. The lowest BCUT2D eigenvalue weighted by atomic mass is 10.4. The fraction of sp³-hybridized carbons (Fsp3) is 0.0741. The molecule has 5 aromatic rings. The minimum absolute atomic E-state index is 0. The second kappa shape index (κ2) is 10.7. The third-order valence-corrected chi connectivity index (χ3v) is 10.5. The van der Waals surface area contributed by atoms with Gasteiger partial charge in [-0.3, -0.25) is 0 Å². The highest BCUT2D eigenvalue weighted by atomic mass is 127. The van der Waals surface area contributed by atoms with Crippen LogP contribution in [-0.4, -0.2) is 10.7 Å². The van der Waals surface area contributed by atoms with Crippen LogP contribution in [0.3, 0.4) is 0 Å². The molecule has 2 aromatic heterocycles. The van der Waals surface area contributed by atoms with Gasteiger partial charge in [-0.05, 0) is 54.3 Å². The number of hydrogen-bond donors (Lipinski definition) is 0. The van der Waals surface area contributed by atoms with Crippen molar-refractivity contribution in [1.82, 2.24) is 4.98 Å². The summed E-state index contributed by atoms with van der Waals surface area (Å²) < 4.78 is 12.0. The van der Waals surface area contributed by atoms with Crippen molar-refractivity contribution in [2.45, 2.75) is 12.0 Å². The fourth-order valence-corrected chi connectivity index (χ4v) is 9.24. The van der Waals surface area contributed by atoms with Crippen molar-refractivity contribution in [1.29, 1.82) is 0 Å². The molecule has 0 aliphatic carbocycles. The van der Waals surface area contributed by atoms with E-state index in [1.165, 1.54) is 15.9 Å². The molecular weight excluding hydrogens is 560 g/mol. The van der Waals surface area contributed by atoms with E-state index in [-0.39, 0.29) is 24.0 Å². The number of nitrogens with zero attached hydrogens (tertiary/aromatic N) is 1. The minimum Gasteiger partial charge on any atom is -1.00 e. The van der Waals surface area contributed by atoms with E-state index in [9.17, 15) is 0 Å². The third kappa shape index (κ3) is 4.42. The number of hydrogen-bond acceptors (Lipinski definition) is 4. The van der Waals surface area contributed by atoms with Crippen LogP contribution in [0.4, 0.5) is 0 Å². The van der Waals surface area contributed by atoms with Crippen molar-refractivity contribution in [3.05, 3.63) is 109 Å². The summed E-state index contributed by atoms with van der Waals surface area (Å²) in [5.74, 6) is 2.05. The van der Waals surface area contributed by atoms with Gasteiger partial charge in [0.1, 0.15) is 15.9 Å². The summed E-state index contributed by atoms with van der Waals surface area (Å²) in [5.41, 5.74) is 0.986. The number of furan rings is 1. The predicted molar refractivity (Wildman–Crippen MR) is 135 cm³/mol. The molecule has 0 N–H and O–H groups in total. The standard InChI is InChI=1S/C27H23NO2PS.HI/c1-2-32-27-26(28-25(30-27)24-19-12-20-29-24)31(21-13-6-3-7-14-21,22-15-8-4-9-16-22)23-17-10-5-11-18-23;/h3-20H,2H2,1H3;1H/q+1;/p-1. The summed E-state index contributed by atoms with van der Waals surface area (Å²) in [6.45, 7) is 2.14. The van der Waals surface area contributed by atoms with Gasteiger partial charge in [-0.15, -0.1) is 0 Å². The summed E-state index contributed by atoms with van der Waals surface area (Å²) >= 11 is 1.69. The zero-order chi connectivity index (χ0) is 21.8. The Morgan fingerprint density at radius 1 is 0.727 bits per heavy atom. The molecule has 166 valence electrons. The third-order valence-electron chi connectivity index (χ3n) is 5.33. The van der Waals surface area contributed by atoms with Gasteiger partial charge in [-0.25, -0.2) is 0 Å². The highest BCUT2D eigenvalue weighted by molar-refractivity contribution is 8.04. The Balaban J connectivity index is 0.00000259. The maximum absolute atomic E-state index is 6.36. The highest BCUT2D eigenvalue weighted by Crippen LogP contribution is 2.56. The van der Waals surface area contributed by atoms with E-state index in [1.54, 1.807) is 18.0 Å². The Morgan fingerprint density at radius 3 is 1.67 bits per heavy atom. The monoisotopic (exact) mass is 583 g/mol. The molecule has 5 rings (SSSR count). The zero-order valence-electron chi connectivity index (χ0n) is 18.1. The summed E-state index contributed by atoms with van der Waals surface area (Å²) in [7, 11) is -2.32. The van der Waals surface area contributed by atoms with Gasteiger partial charge in [-0.1, -0.05) is 73.3 Å². The number of oxazole rings is 1. The molecule has 0 fully saturated rings. The van der Waals surface area contributed by atoms with Crippen LogP contribution in [0.15, 0.2) is 123 Å². The Bertz CT molecular complexity index is 1180. The highest BCUT2D eigenvalue weighted by Gasteiger charge is 2.53. The molecule has 0 saturated carbocycles. The van der Waals surface area contributed by atoms with Crippen LogP contribution in [0.2, 0.25) is 0 Å². The minimum atomic E-state index is -2.32. The first-order valence-electron chi connectivity index (χ1n) is 10.6. The molecular formula is C27H23INO2PS. The van der Waals surface area contributed by atoms with Crippen molar-refractivity contribution < 1.29 is 32.8 Å². The fourth-order valence-electron chi connectivity index (χ4n) is 4.01. The Morgan fingerprint density at radius 2 is 1.24 bits per heavy atom. The average molecular weight is 583 g/mol. The van der Waals surface area contributed by atoms with Crippen molar-refractivity contribution in [3.8, 4) is 11.7 Å². The summed E-state index contributed by atoms with van der Waals surface area (Å²) in [6.07, 6.45) is 1.65. The van der Waals surface area contributed by atoms with E-state index in [0.717, 1.165) is 16.3 Å². The number of rotatable bonds is 7. The van der Waals surface area contributed by atoms with Crippen LogP contribution < -0.4 is 45.3 Å². The van der Waals surface area contributed by atoms with Gasteiger partial charge in [0.05, 0.1) is 6.26 Å². The van der Waals surface area contributed by atoms with Crippen LogP contribution >= 0.6 is 19.0 Å². The van der Waals surface area contributed by atoms with Gasteiger partial charge in [-0.2, -0.15) is 4.98 Å². The first kappa shape index (κ1) is 23.8. The predicted octanol–water partition coefficient (Wildman–Crippen LogP) is 2.67. The Labute approximate surface area is 216 Å². The van der Waals surface area contributed by atoms with E-state index >= 15 is 0 Å². The molecule has 3 nitrogen and oxygen atoms in total. The van der Waals surface area contributed by atoms with Crippen molar-refractivity contribution in [2.24, 2.45) is 0 Å². The maximum atomic E-state index is 6.36. The largest absolute Gasteiger partial charge is 1.00 e. The quantitative estimate of drug-likeness (QED) is 0.168. The van der Waals surface area contributed by atoms with Crippen molar-refractivity contribution in [3.63, 3.8) is 0 Å². The molecule has 33 heavy (non-hydrogen) atoms. The summed E-state index contributed by atoms with van der Waals surface area (Å²) in [4.78, 5) is 5.14. The molecule has 0 atom stereocenters. The smallest absolute Gasteiger partial charge is 0.267 e. The van der Waals surface area contributed by atoms with Crippen LogP contribution in [0.25, 0.3) is 11.7 Å². The Hall–Kier alpha value is -2.34. The van der Waals surface area contributed by atoms with Crippen LogP contribution in [0, 0.1) is 0 Å². The normalized spacial score (nSPS) is 11.2. The lowest BCUT2D eigenvalue weighted by Gasteiger charge is -2.25. The molecule has 0 unspecified atom stereocenters. The van der Waals surface area contributed by atoms with E-state index in [1.807, 2.05) is 12.1 Å². The molecule has 2 heterocycles. The van der Waals surface area contributed by atoms with Crippen LogP contribution in [-0.2, 0) is 0 Å². The van der Waals surface area contributed by atoms with E-state index < -0.39 is 7.26 Å². The van der Waals surface area contributed by atoms with Crippen LogP contribution in [0.1, 0.15) is 6.92 Å². The van der Waals surface area contributed by atoms with Gasteiger partial charge in [0.2, 0.25) is 5.09 Å². The van der Waals surface area contributed by atoms with E-state index in [0.29, 0.717) is 11.7 Å². The topological polar surface area (TPSA) is 39.2 Å². The number of thioether (sulfide) groups is 1. The van der Waals surface area contributed by atoms with Gasteiger partial charge >= 0.3 is 0 Å². The molecule has 0 amide bonds.